The molecule has 0 spiro atoms. The molecule has 0 radical (unpaired) electrons. The van der Waals surface area contributed by atoms with E-state index in [2.05, 4.69) is 4.90 Å². The van der Waals surface area contributed by atoms with Crippen LogP contribution in [0.1, 0.15) is 25.7 Å². The van der Waals surface area contributed by atoms with Gasteiger partial charge in [0.25, 0.3) is 0 Å². The van der Waals surface area contributed by atoms with Crippen molar-refractivity contribution in [2.45, 2.75) is 37.8 Å². The maximum absolute atomic E-state index is 6.26. The van der Waals surface area contributed by atoms with Gasteiger partial charge in [-0.25, -0.2) is 0 Å². The van der Waals surface area contributed by atoms with Gasteiger partial charge >= 0.3 is 0 Å². The third kappa shape index (κ3) is 0.944. The molecule has 2 bridgehead atoms. The van der Waals surface area contributed by atoms with Crippen LogP contribution >= 0.6 is 0 Å². The van der Waals surface area contributed by atoms with Crippen molar-refractivity contribution < 1.29 is 0 Å². The second kappa shape index (κ2) is 2.46. The van der Waals surface area contributed by atoms with Gasteiger partial charge in [0.2, 0.25) is 0 Å². The van der Waals surface area contributed by atoms with E-state index >= 15 is 0 Å². The number of hydrogen-bond acceptors (Lipinski definition) is 2. The molecule has 0 aromatic carbocycles. The van der Waals surface area contributed by atoms with E-state index in [0.29, 0.717) is 6.04 Å². The van der Waals surface area contributed by atoms with Crippen molar-refractivity contribution in [2.24, 2.45) is 17.6 Å². The molecular formula is C10H18N2. The largest absolute Gasteiger partial charge is 0.326 e. The summed E-state index contributed by atoms with van der Waals surface area (Å²) >= 11 is 0. The Kier molecular flexibility index (Phi) is 1.50. The van der Waals surface area contributed by atoms with Crippen molar-refractivity contribution in [3.63, 3.8) is 0 Å². The van der Waals surface area contributed by atoms with E-state index in [-0.39, 0.29) is 0 Å². The molecule has 3 heterocycles. The Morgan fingerprint density at radius 3 is 2.08 bits per heavy atom. The zero-order chi connectivity index (χ0) is 8.13. The zero-order valence-electron chi connectivity index (χ0n) is 7.58. The standard InChI is InChI=1S/C10H18N2/c11-9-7-3-5-12(6-4-7)10(9)8-1-2-8/h7-10H,1-6,11H2. The molecular weight excluding hydrogens is 148 g/mol. The van der Waals surface area contributed by atoms with Crippen LogP contribution in [0.3, 0.4) is 0 Å². The molecule has 68 valence electrons. The monoisotopic (exact) mass is 166 g/mol. The van der Waals surface area contributed by atoms with E-state index in [9.17, 15) is 0 Å². The minimum Gasteiger partial charge on any atom is -0.326 e. The summed E-state index contributed by atoms with van der Waals surface area (Å²) in [5, 5.41) is 0. The van der Waals surface area contributed by atoms with Gasteiger partial charge in [0, 0.05) is 12.1 Å². The molecule has 4 fully saturated rings. The number of fused-ring (bicyclic) bond motifs is 3. The summed E-state index contributed by atoms with van der Waals surface area (Å²) < 4.78 is 0. The van der Waals surface area contributed by atoms with Crippen LogP contribution in [0, 0.1) is 11.8 Å². The Morgan fingerprint density at radius 1 is 0.917 bits per heavy atom. The van der Waals surface area contributed by atoms with Crippen molar-refractivity contribution in [3.8, 4) is 0 Å². The topological polar surface area (TPSA) is 29.3 Å². The quantitative estimate of drug-likeness (QED) is 0.625. The fourth-order valence-electron chi connectivity index (χ4n) is 3.17. The number of nitrogens with zero attached hydrogens (tertiary/aromatic N) is 1. The van der Waals surface area contributed by atoms with Gasteiger partial charge in [0.1, 0.15) is 0 Å². The van der Waals surface area contributed by atoms with Gasteiger partial charge in [0.15, 0.2) is 0 Å². The first-order valence-electron chi connectivity index (χ1n) is 5.36. The maximum Gasteiger partial charge on any atom is 0.0278 e. The number of rotatable bonds is 1. The molecule has 1 saturated carbocycles. The summed E-state index contributed by atoms with van der Waals surface area (Å²) in [6, 6.07) is 1.29. The van der Waals surface area contributed by atoms with Crippen molar-refractivity contribution in [1.29, 1.82) is 0 Å². The van der Waals surface area contributed by atoms with Gasteiger partial charge < -0.3 is 5.73 Å². The van der Waals surface area contributed by atoms with E-state index in [1.807, 2.05) is 0 Å². The summed E-state index contributed by atoms with van der Waals surface area (Å²) in [6.07, 6.45) is 5.62. The highest BCUT2D eigenvalue weighted by molar-refractivity contribution is 5.03. The molecule has 2 atom stereocenters. The van der Waals surface area contributed by atoms with Gasteiger partial charge in [-0.2, -0.15) is 0 Å². The minimum absolute atomic E-state index is 0.514. The van der Waals surface area contributed by atoms with Crippen LogP contribution in [0.5, 0.6) is 0 Å². The third-order valence-corrected chi connectivity index (χ3v) is 4.04. The van der Waals surface area contributed by atoms with Gasteiger partial charge in [-0.15, -0.1) is 0 Å². The molecule has 2 N–H and O–H groups in total. The molecule has 2 nitrogen and oxygen atoms in total. The Hall–Kier alpha value is -0.0800. The lowest BCUT2D eigenvalue weighted by Crippen LogP contribution is -2.62. The van der Waals surface area contributed by atoms with E-state index in [1.165, 1.54) is 38.8 Å². The zero-order valence-corrected chi connectivity index (χ0v) is 7.58. The predicted molar refractivity (Wildman–Crippen MR) is 48.8 cm³/mol. The fraction of sp³-hybridized carbons (Fsp3) is 1.00. The van der Waals surface area contributed by atoms with Crippen LogP contribution in [0.4, 0.5) is 0 Å². The third-order valence-electron chi connectivity index (χ3n) is 4.04. The molecule has 4 aliphatic rings. The lowest BCUT2D eigenvalue weighted by molar-refractivity contribution is 0.0174. The molecule has 2 unspecified atom stereocenters. The fourth-order valence-corrected chi connectivity index (χ4v) is 3.17. The van der Waals surface area contributed by atoms with Crippen molar-refractivity contribution >= 4 is 0 Å². The summed E-state index contributed by atoms with van der Waals surface area (Å²) in [7, 11) is 0. The SMILES string of the molecule is NC1C2CCN(CC2)C1C1CC1. The molecule has 1 aliphatic carbocycles. The van der Waals surface area contributed by atoms with Crippen LogP contribution in [-0.4, -0.2) is 30.1 Å². The van der Waals surface area contributed by atoms with Crippen LogP contribution in [0.15, 0.2) is 0 Å². The van der Waals surface area contributed by atoms with E-state index in [4.69, 9.17) is 5.73 Å². The minimum atomic E-state index is 0.514. The molecule has 0 aromatic rings. The Morgan fingerprint density at radius 2 is 1.58 bits per heavy atom. The predicted octanol–water partition coefficient (Wildman–Crippen LogP) is 0.818. The van der Waals surface area contributed by atoms with Gasteiger partial charge in [0.05, 0.1) is 0 Å². The van der Waals surface area contributed by atoms with Crippen LogP contribution in [-0.2, 0) is 0 Å². The smallest absolute Gasteiger partial charge is 0.0278 e. The van der Waals surface area contributed by atoms with E-state index in [1.54, 1.807) is 0 Å². The van der Waals surface area contributed by atoms with E-state index < -0.39 is 0 Å². The second-order valence-corrected chi connectivity index (χ2v) is 4.78. The normalized spacial score (nSPS) is 52.8. The summed E-state index contributed by atoms with van der Waals surface area (Å²) in [6.45, 7) is 2.67. The summed E-state index contributed by atoms with van der Waals surface area (Å²) in [5.41, 5.74) is 6.26. The highest BCUT2D eigenvalue weighted by atomic mass is 15.2. The van der Waals surface area contributed by atoms with Gasteiger partial charge in [-0.1, -0.05) is 0 Å². The molecule has 3 saturated heterocycles. The van der Waals surface area contributed by atoms with Crippen LogP contribution < -0.4 is 5.73 Å². The number of hydrogen-bond donors (Lipinski definition) is 1. The first-order chi connectivity index (χ1) is 5.86. The Bertz CT molecular complexity index is 178. The van der Waals surface area contributed by atoms with E-state index in [0.717, 1.165) is 17.9 Å². The average molecular weight is 166 g/mol. The molecule has 0 amide bonds. The number of nitrogens with two attached hydrogens (primary N) is 1. The molecule has 3 aliphatic heterocycles. The number of piperidine rings is 3. The van der Waals surface area contributed by atoms with Crippen LogP contribution in [0.2, 0.25) is 0 Å². The maximum atomic E-state index is 6.26. The second-order valence-electron chi connectivity index (χ2n) is 4.78. The molecule has 12 heavy (non-hydrogen) atoms. The summed E-state index contributed by atoms with van der Waals surface area (Å²) in [5.74, 6) is 1.84. The average Bonchev–Trinajstić information content (AvgIpc) is 2.90. The van der Waals surface area contributed by atoms with Crippen LogP contribution in [0.25, 0.3) is 0 Å². The Labute approximate surface area is 74.1 Å². The van der Waals surface area contributed by atoms with Crippen molar-refractivity contribution in [3.05, 3.63) is 0 Å². The highest BCUT2D eigenvalue weighted by Gasteiger charge is 2.46. The molecule has 2 heteroatoms. The first-order valence-corrected chi connectivity index (χ1v) is 5.36. The first kappa shape index (κ1) is 7.34. The lowest BCUT2D eigenvalue weighted by Gasteiger charge is -2.50. The van der Waals surface area contributed by atoms with Crippen molar-refractivity contribution in [1.82, 2.24) is 4.90 Å². The molecule has 4 rings (SSSR count). The van der Waals surface area contributed by atoms with Gasteiger partial charge in [-0.3, -0.25) is 4.90 Å². The Balaban J connectivity index is 1.82. The van der Waals surface area contributed by atoms with Gasteiger partial charge in [-0.05, 0) is 50.6 Å². The molecule has 0 aromatic heterocycles. The highest BCUT2D eigenvalue weighted by Crippen LogP contribution is 2.43. The summed E-state index contributed by atoms with van der Waals surface area (Å²) in [4.78, 5) is 2.66. The van der Waals surface area contributed by atoms with Crippen molar-refractivity contribution in [2.75, 3.05) is 13.1 Å². The lowest BCUT2D eigenvalue weighted by atomic mass is 9.77.